The van der Waals surface area contributed by atoms with E-state index in [1.807, 2.05) is 36.4 Å². The van der Waals surface area contributed by atoms with Gasteiger partial charge < -0.3 is 13.6 Å². The Morgan fingerprint density at radius 3 is 2.59 bits per heavy atom. The van der Waals surface area contributed by atoms with Crippen LogP contribution in [0.1, 0.15) is 16.3 Å². The number of rotatable bonds is 8. The minimum Gasteiger partial charge on any atom is -0.497 e. The first-order valence-corrected chi connectivity index (χ1v) is 9.54. The second kappa shape index (κ2) is 8.24. The molecule has 1 aromatic carbocycles. The molecule has 0 atom stereocenters. The lowest BCUT2D eigenvalue weighted by Gasteiger charge is -2.19. The van der Waals surface area contributed by atoms with Crippen LogP contribution >= 0.6 is 11.3 Å². The van der Waals surface area contributed by atoms with E-state index in [1.54, 1.807) is 31.0 Å². The van der Waals surface area contributed by atoms with Crippen LogP contribution in [0.2, 0.25) is 0 Å². The van der Waals surface area contributed by atoms with E-state index in [1.165, 1.54) is 4.88 Å². The maximum atomic E-state index is 5.70. The SMILES string of the molecule is COc1ccc(-c2nc(CN(Cc3ccco3)Cc3cccs3)co2)cc1. The summed E-state index contributed by atoms with van der Waals surface area (Å²) in [6, 6.07) is 15.8. The first-order chi connectivity index (χ1) is 13.3. The van der Waals surface area contributed by atoms with Crippen LogP contribution in [0.5, 0.6) is 5.75 Å². The Hall–Kier alpha value is -2.83. The third-order valence-electron chi connectivity index (χ3n) is 4.19. The second-order valence-corrected chi connectivity index (χ2v) is 7.21. The number of methoxy groups -OCH3 is 1. The Balaban J connectivity index is 1.49. The number of hydrogen-bond donors (Lipinski definition) is 0. The van der Waals surface area contributed by atoms with E-state index in [0.29, 0.717) is 12.4 Å². The van der Waals surface area contributed by atoms with Gasteiger partial charge in [0.05, 0.1) is 25.6 Å². The summed E-state index contributed by atoms with van der Waals surface area (Å²) < 4.78 is 16.4. The molecule has 4 aromatic rings. The van der Waals surface area contributed by atoms with Gasteiger partial charge in [-0.15, -0.1) is 11.3 Å². The van der Waals surface area contributed by atoms with E-state index in [4.69, 9.17) is 13.6 Å². The summed E-state index contributed by atoms with van der Waals surface area (Å²) in [4.78, 5) is 8.26. The Labute approximate surface area is 161 Å². The Kier molecular flexibility index (Phi) is 5.37. The molecule has 4 rings (SSSR count). The van der Waals surface area contributed by atoms with Crippen molar-refractivity contribution in [2.75, 3.05) is 7.11 Å². The zero-order chi connectivity index (χ0) is 18.5. The molecule has 3 aromatic heterocycles. The molecule has 5 nitrogen and oxygen atoms in total. The third kappa shape index (κ3) is 4.48. The Morgan fingerprint density at radius 2 is 1.89 bits per heavy atom. The lowest BCUT2D eigenvalue weighted by Crippen LogP contribution is -2.21. The highest BCUT2D eigenvalue weighted by molar-refractivity contribution is 7.09. The number of nitrogens with zero attached hydrogens (tertiary/aromatic N) is 2. The number of benzene rings is 1. The van der Waals surface area contributed by atoms with Gasteiger partial charge in [0.15, 0.2) is 0 Å². The smallest absolute Gasteiger partial charge is 0.226 e. The van der Waals surface area contributed by atoms with Gasteiger partial charge in [-0.05, 0) is 47.8 Å². The van der Waals surface area contributed by atoms with Gasteiger partial charge in [0.25, 0.3) is 0 Å². The molecule has 3 heterocycles. The zero-order valence-corrected chi connectivity index (χ0v) is 15.8. The molecule has 0 aliphatic heterocycles. The van der Waals surface area contributed by atoms with Crippen molar-refractivity contribution in [3.8, 4) is 17.2 Å². The molecule has 0 spiro atoms. The van der Waals surface area contributed by atoms with Crippen LogP contribution in [0, 0.1) is 0 Å². The normalized spacial score (nSPS) is 11.2. The van der Waals surface area contributed by atoms with Crippen molar-refractivity contribution < 1.29 is 13.6 Å². The summed E-state index contributed by atoms with van der Waals surface area (Å²) >= 11 is 1.75. The van der Waals surface area contributed by atoms with Crippen LogP contribution in [0.3, 0.4) is 0 Å². The molecule has 0 aliphatic rings. The van der Waals surface area contributed by atoms with Gasteiger partial charge in [0.1, 0.15) is 17.8 Å². The van der Waals surface area contributed by atoms with Crippen molar-refractivity contribution in [1.82, 2.24) is 9.88 Å². The standard InChI is InChI=1S/C21H20N2O3S/c1-24-18-8-6-16(7-9-18)21-22-17(15-26-21)12-23(13-19-4-2-10-25-19)14-20-5-3-11-27-20/h2-11,15H,12-14H2,1H3. The summed E-state index contributed by atoms with van der Waals surface area (Å²) in [5.41, 5.74) is 1.82. The van der Waals surface area contributed by atoms with Crippen molar-refractivity contribution in [2.24, 2.45) is 0 Å². The van der Waals surface area contributed by atoms with Crippen LogP contribution in [-0.2, 0) is 19.6 Å². The fraction of sp³-hybridized carbons (Fsp3) is 0.190. The average Bonchev–Trinajstić information content (AvgIpc) is 3.45. The molecule has 27 heavy (non-hydrogen) atoms. The first-order valence-electron chi connectivity index (χ1n) is 8.66. The van der Waals surface area contributed by atoms with E-state index < -0.39 is 0 Å². The maximum absolute atomic E-state index is 5.70. The number of furan rings is 1. The van der Waals surface area contributed by atoms with Crippen molar-refractivity contribution in [3.05, 3.63) is 82.8 Å². The number of oxazole rings is 1. The topological polar surface area (TPSA) is 51.6 Å². The summed E-state index contributed by atoms with van der Waals surface area (Å²) in [5, 5.41) is 2.10. The minimum absolute atomic E-state index is 0.613. The van der Waals surface area contributed by atoms with Gasteiger partial charge in [-0.2, -0.15) is 0 Å². The molecular formula is C21H20N2O3S. The van der Waals surface area contributed by atoms with Crippen molar-refractivity contribution in [2.45, 2.75) is 19.6 Å². The minimum atomic E-state index is 0.613. The molecule has 0 saturated carbocycles. The quantitative estimate of drug-likeness (QED) is 0.420. The molecule has 138 valence electrons. The van der Waals surface area contributed by atoms with Crippen molar-refractivity contribution in [3.63, 3.8) is 0 Å². The molecule has 0 aliphatic carbocycles. The highest BCUT2D eigenvalue weighted by atomic mass is 32.1. The molecule has 0 N–H and O–H groups in total. The highest BCUT2D eigenvalue weighted by Gasteiger charge is 2.14. The zero-order valence-electron chi connectivity index (χ0n) is 15.0. The predicted octanol–water partition coefficient (Wildman–Crippen LogP) is 5.21. The van der Waals surface area contributed by atoms with Gasteiger partial charge in [-0.25, -0.2) is 4.98 Å². The molecule has 6 heteroatoms. The van der Waals surface area contributed by atoms with Gasteiger partial charge in [-0.3, -0.25) is 4.90 Å². The molecule has 0 fully saturated rings. The fourth-order valence-electron chi connectivity index (χ4n) is 2.89. The number of hydrogen-bond acceptors (Lipinski definition) is 6. The molecule has 0 radical (unpaired) electrons. The van der Waals surface area contributed by atoms with E-state index in [9.17, 15) is 0 Å². The van der Waals surface area contributed by atoms with Gasteiger partial charge >= 0.3 is 0 Å². The molecular weight excluding hydrogens is 360 g/mol. The summed E-state index contributed by atoms with van der Waals surface area (Å²) in [7, 11) is 1.65. The summed E-state index contributed by atoms with van der Waals surface area (Å²) in [6.07, 6.45) is 3.43. The number of thiophene rings is 1. The van der Waals surface area contributed by atoms with E-state index >= 15 is 0 Å². The van der Waals surface area contributed by atoms with Gasteiger partial charge in [0, 0.05) is 23.5 Å². The molecule has 0 saturated heterocycles. The van der Waals surface area contributed by atoms with Crippen LogP contribution in [0.15, 0.2) is 75.3 Å². The van der Waals surface area contributed by atoms with Crippen molar-refractivity contribution in [1.29, 1.82) is 0 Å². The van der Waals surface area contributed by atoms with E-state index in [0.717, 1.165) is 35.9 Å². The summed E-state index contributed by atoms with van der Waals surface area (Å²) in [5.74, 6) is 2.36. The third-order valence-corrected chi connectivity index (χ3v) is 5.05. The monoisotopic (exact) mass is 380 g/mol. The molecule has 0 bridgehead atoms. The number of aromatic nitrogens is 1. The van der Waals surface area contributed by atoms with Gasteiger partial charge in [-0.1, -0.05) is 6.07 Å². The van der Waals surface area contributed by atoms with Gasteiger partial charge in [0.2, 0.25) is 5.89 Å². The fourth-order valence-corrected chi connectivity index (χ4v) is 3.63. The van der Waals surface area contributed by atoms with Crippen LogP contribution in [-0.4, -0.2) is 17.0 Å². The lowest BCUT2D eigenvalue weighted by molar-refractivity contribution is 0.226. The molecule has 0 amide bonds. The highest BCUT2D eigenvalue weighted by Crippen LogP contribution is 2.23. The molecule has 0 unspecified atom stereocenters. The van der Waals surface area contributed by atoms with E-state index in [-0.39, 0.29) is 0 Å². The van der Waals surface area contributed by atoms with Crippen LogP contribution < -0.4 is 4.74 Å². The van der Waals surface area contributed by atoms with E-state index in [2.05, 4.69) is 27.4 Å². The summed E-state index contributed by atoms with van der Waals surface area (Å²) in [6.45, 7) is 2.23. The predicted molar refractivity (Wildman–Crippen MR) is 104 cm³/mol. The number of ether oxygens (including phenoxy) is 1. The Bertz CT molecular complexity index is 908. The van der Waals surface area contributed by atoms with Crippen LogP contribution in [0.25, 0.3) is 11.5 Å². The largest absolute Gasteiger partial charge is 0.497 e. The van der Waals surface area contributed by atoms with Crippen LogP contribution in [0.4, 0.5) is 0 Å². The second-order valence-electron chi connectivity index (χ2n) is 6.18. The van der Waals surface area contributed by atoms with Crippen molar-refractivity contribution >= 4 is 11.3 Å². The Morgan fingerprint density at radius 1 is 1.00 bits per heavy atom. The average molecular weight is 380 g/mol. The first kappa shape index (κ1) is 17.6. The maximum Gasteiger partial charge on any atom is 0.226 e. The lowest BCUT2D eigenvalue weighted by atomic mass is 10.2.